The Morgan fingerprint density at radius 2 is 1.89 bits per heavy atom. The summed E-state index contributed by atoms with van der Waals surface area (Å²) < 4.78 is 1.80. The van der Waals surface area contributed by atoms with E-state index in [1.54, 1.807) is 10.6 Å². The van der Waals surface area contributed by atoms with Crippen molar-refractivity contribution in [1.82, 2.24) is 19.7 Å². The summed E-state index contributed by atoms with van der Waals surface area (Å²) in [4.78, 5) is 4.50. The van der Waals surface area contributed by atoms with Crippen molar-refractivity contribution in [2.45, 2.75) is 6.92 Å². The summed E-state index contributed by atoms with van der Waals surface area (Å²) >= 11 is 6.40. The number of pyridine rings is 1. The number of fused-ring (bicyclic) bond motifs is 1. The van der Waals surface area contributed by atoms with Crippen molar-refractivity contribution in [3.63, 3.8) is 0 Å². The molecule has 0 atom stereocenters. The lowest BCUT2D eigenvalue weighted by Crippen LogP contribution is -1.99. The number of aryl methyl sites for hydroxylation is 1. The minimum absolute atomic E-state index is 0.347. The maximum atomic E-state index is 9.73. The lowest BCUT2D eigenvalue weighted by Gasteiger charge is -2.06. The molecule has 136 valence electrons. The molecule has 2 heterocycles. The number of nitrogens with zero attached hydrogens (tertiary/aromatic N) is 5. The predicted octanol–water partition coefficient (Wildman–Crippen LogP) is 5.06. The Hall–Kier alpha value is -3.49. The van der Waals surface area contributed by atoms with E-state index in [1.807, 2.05) is 68.6 Å². The van der Waals surface area contributed by atoms with Gasteiger partial charge in [-0.25, -0.2) is 4.98 Å². The van der Waals surface area contributed by atoms with E-state index in [2.05, 4.69) is 21.3 Å². The van der Waals surface area contributed by atoms with Crippen LogP contribution in [-0.2, 0) is 7.05 Å². The van der Waals surface area contributed by atoms with Crippen LogP contribution in [0.1, 0.15) is 17.0 Å². The molecule has 4 rings (SSSR count). The van der Waals surface area contributed by atoms with Crippen LogP contribution in [0.4, 0.5) is 0 Å². The van der Waals surface area contributed by atoms with Crippen LogP contribution >= 0.6 is 11.6 Å². The van der Waals surface area contributed by atoms with Crippen molar-refractivity contribution in [2.75, 3.05) is 0 Å². The van der Waals surface area contributed by atoms with Gasteiger partial charge in [0.15, 0.2) is 11.6 Å². The zero-order valence-corrected chi connectivity index (χ0v) is 16.1. The molecule has 0 saturated heterocycles. The minimum atomic E-state index is 0.347. The molecule has 0 fully saturated rings. The first-order valence-corrected chi connectivity index (χ1v) is 9.09. The predicted molar refractivity (Wildman–Crippen MR) is 111 cm³/mol. The van der Waals surface area contributed by atoms with Crippen molar-refractivity contribution in [2.24, 2.45) is 7.05 Å². The molecule has 0 amide bonds. The number of allylic oxidation sites excluding steroid dienone is 1. The molecular weight excluding hydrogens is 370 g/mol. The van der Waals surface area contributed by atoms with Gasteiger partial charge in [0.25, 0.3) is 0 Å². The fourth-order valence-electron chi connectivity index (χ4n) is 3.15. The Morgan fingerprint density at radius 3 is 2.64 bits per heavy atom. The minimum Gasteiger partial charge on any atom is -0.310 e. The number of halogens is 1. The highest BCUT2D eigenvalue weighted by Crippen LogP contribution is 2.27. The monoisotopic (exact) mass is 385 g/mol. The first-order valence-electron chi connectivity index (χ1n) is 8.71. The lowest BCUT2D eigenvalue weighted by atomic mass is 10.1. The van der Waals surface area contributed by atoms with Crippen LogP contribution in [0.2, 0.25) is 5.15 Å². The van der Waals surface area contributed by atoms with E-state index in [9.17, 15) is 5.26 Å². The van der Waals surface area contributed by atoms with Gasteiger partial charge in [-0.3, -0.25) is 0 Å². The average molecular weight is 386 g/mol. The van der Waals surface area contributed by atoms with E-state index in [1.165, 1.54) is 0 Å². The number of benzene rings is 2. The quantitative estimate of drug-likeness (QED) is 0.365. The molecule has 0 bridgehead atoms. The molecule has 0 radical (unpaired) electrons. The molecule has 28 heavy (non-hydrogen) atoms. The van der Waals surface area contributed by atoms with E-state index >= 15 is 0 Å². The van der Waals surface area contributed by atoms with E-state index in [0.717, 1.165) is 22.0 Å². The fourth-order valence-corrected chi connectivity index (χ4v) is 3.34. The SMILES string of the molecule is Cc1cccc2cc(/C=C(\C#N)c3nnc(-c4ccccc4)n3C)c(Cl)nc12. The van der Waals surface area contributed by atoms with Gasteiger partial charge < -0.3 is 4.57 Å². The summed E-state index contributed by atoms with van der Waals surface area (Å²) in [6, 6.07) is 19.8. The Morgan fingerprint density at radius 1 is 1.11 bits per heavy atom. The highest BCUT2D eigenvalue weighted by atomic mass is 35.5. The maximum absolute atomic E-state index is 9.73. The molecular formula is C22H16ClN5. The number of rotatable bonds is 3. The van der Waals surface area contributed by atoms with Crippen LogP contribution in [0.15, 0.2) is 54.6 Å². The number of para-hydroxylation sites is 1. The smallest absolute Gasteiger partial charge is 0.174 e. The van der Waals surface area contributed by atoms with Crippen LogP contribution in [0.25, 0.3) is 33.9 Å². The van der Waals surface area contributed by atoms with E-state index < -0.39 is 0 Å². The molecule has 2 aromatic heterocycles. The molecule has 0 unspecified atom stereocenters. The summed E-state index contributed by atoms with van der Waals surface area (Å²) in [6.45, 7) is 1.99. The number of hydrogen-bond acceptors (Lipinski definition) is 4. The molecule has 0 aliphatic carbocycles. The molecule has 0 aliphatic heterocycles. The first kappa shape index (κ1) is 17.9. The number of nitriles is 1. The summed E-state index contributed by atoms with van der Waals surface area (Å²) in [5.41, 5.74) is 3.87. The second-order valence-electron chi connectivity index (χ2n) is 6.46. The Labute approximate surface area is 167 Å². The highest BCUT2D eigenvalue weighted by Gasteiger charge is 2.15. The third-order valence-electron chi connectivity index (χ3n) is 4.60. The van der Waals surface area contributed by atoms with Gasteiger partial charge in [-0.2, -0.15) is 5.26 Å². The third-order valence-corrected chi connectivity index (χ3v) is 4.90. The molecule has 2 aromatic carbocycles. The van der Waals surface area contributed by atoms with Crippen molar-refractivity contribution >= 4 is 34.2 Å². The summed E-state index contributed by atoms with van der Waals surface area (Å²) in [5, 5.41) is 19.5. The standard InChI is InChI=1S/C22H16ClN5/c1-14-7-6-10-16-11-17(20(23)25-19(14)16)12-18(13-24)22-27-26-21(28(22)2)15-8-4-3-5-9-15/h3-12H,1-2H3/b18-12+. The van der Waals surface area contributed by atoms with Gasteiger partial charge in [-0.15, -0.1) is 10.2 Å². The number of hydrogen-bond donors (Lipinski definition) is 0. The van der Waals surface area contributed by atoms with Crippen LogP contribution in [0.5, 0.6) is 0 Å². The molecule has 0 N–H and O–H groups in total. The Kier molecular flexibility index (Phi) is 4.64. The fraction of sp³-hybridized carbons (Fsp3) is 0.0909. The molecule has 6 heteroatoms. The van der Waals surface area contributed by atoms with Crippen LogP contribution in [0, 0.1) is 18.3 Å². The second kappa shape index (κ2) is 7.26. The molecule has 4 aromatic rings. The summed E-state index contributed by atoms with van der Waals surface area (Å²) in [6.07, 6.45) is 1.70. The van der Waals surface area contributed by atoms with Crippen molar-refractivity contribution in [1.29, 1.82) is 5.26 Å². The van der Waals surface area contributed by atoms with Crippen molar-refractivity contribution in [3.8, 4) is 17.5 Å². The van der Waals surface area contributed by atoms with Gasteiger partial charge in [0.05, 0.1) is 11.1 Å². The van der Waals surface area contributed by atoms with Crippen molar-refractivity contribution in [3.05, 3.63) is 76.7 Å². The van der Waals surface area contributed by atoms with E-state index in [-0.39, 0.29) is 0 Å². The van der Waals surface area contributed by atoms with Gasteiger partial charge in [0.1, 0.15) is 11.2 Å². The zero-order valence-electron chi connectivity index (χ0n) is 15.4. The Balaban J connectivity index is 1.81. The van der Waals surface area contributed by atoms with E-state index in [0.29, 0.717) is 27.9 Å². The normalized spacial score (nSPS) is 11.6. The average Bonchev–Trinajstić information content (AvgIpc) is 3.09. The highest BCUT2D eigenvalue weighted by molar-refractivity contribution is 6.31. The largest absolute Gasteiger partial charge is 0.310 e. The maximum Gasteiger partial charge on any atom is 0.174 e. The molecule has 0 saturated carbocycles. The van der Waals surface area contributed by atoms with Gasteiger partial charge in [-0.05, 0) is 24.6 Å². The van der Waals surface area contributed by atoms with Gasteiger partial charge in [0, 0.05) is 23.6 Å². The van der Waals surface area contributed by atoms with Crippen LogP contribution in [-0.4, -0.2) is 19.7 Å². The second-order valence-corrected chi connectivity index (χ2v) is 6.82. The first-order chi connectivity index (χ1) is 13.6. The van der Waals surface area contributed by atoms with Crippen molar-refractivity contribution < 1.29 is 0 Å². The van der Waals surface area contributed by atoms with E-state index in [4.69, 9.17) is 11.6 Å². The van der Waals surface area contributed by atoms with Gasteiger partial charge in [-0.1, -0.05) is 60.1 Å². The summed E-state index contributed by atoms with van der Waals surface area (Å²) in [5.74, 6) is 1.16. The number of aromatic nitrogens is 4. The molecule has 0 spiro atoms. The van der Waals surface area contributed by atoms with Gasteiger partial charge >= 0.3 is 0 Å². The topological polar surface area (TPSA) is 67.4 Å². The molecule has 0 aliphatic rings. The van der Waals surface area contributed by atoms with Crippen LogP contribution in [0.3, 0.4) is 0 Å². The van der Waals surface area contributed by atoms with Crippen LogP contribution < -0.4 is 0 Å². The third kappa shape index (κ3) is 3.15. The Bertz CT molecular complexity index is 1250. The summed E-state index contributed by atoms with van der Waals surface area (Å²) in [7, 11) is 1.84. The molecule has 5 nitrogen and oxygen atoms in total. The van der Waals surface area contributed by atoms with Gasteiger partial charge in [0.2, 0.25) is 0 Å². The lowest BCUT2D eigenvalue weighted by molar-refractivity contribution is 0.901. The zero-order chi connectivity index (χ0) is 19.7.